The van der Waals surface area contributed by atoms with E-state index in [1.54, 1.807) is 18.5 Å². The van der Waals surface area contributed by atoms with Crippen LogP contribution < -0.4 is 5.32 Å². The van der Waals surface area contributed by atoms with E-state index in [4.69, 9.17) is 11.6 Å². The van der Waals surface area contributed by atoms with Crippen LogP contribution in [0, 0.1) is 5.82 Å². The number of rotatable bonds is 4. The Kier molecular flexibility index (Phi) is 4.23. The summed E-state index contributed by atoms with van der Waals surface area (Å²) in [4.78, 5) is 7.95. The molecular weight excluding hydrogens is 253 g/mol. The van der Waals surface area contributed by atoms with Crippen molar-refractivity contribution in [1.82, 2.24) is 15.3 Å². The lowest BCUT2D eigenvalue weighted by molar-refractivity contribution is 0.601. The standard InChI is InChI=1S/C13H13ClFN3/c1-2-18-13(9-6-16-8-17-7-9)11-5-10(15)3-4-12(11)14/h3-8,13,18H,2H2,1H3. The maximum absolute atomic E-state index is 13.3. The number of hydrogen-bond acceptors (Lipinski definition) is 3. The molecular formula is C13H13ClFN3. The number of aromatic nitrogens is 2. The van der Waals surface area contributed by atoms with E-state index in [-0.39, 0.29) is 11.9 Å². The number of nitrogens with one attached hydrogen (secondary N) is 1. The van der Waals surface area contributed by atoms with Crippen LogP contribution in [0.3, 0.4) is 0 Å². The molecule has 0 saturated carbocycles. The number of nitrogens with zero attached hydrogens (tertiary/aromatic N) is 2. The summed E-state index contributed by atoms with van der Waals surface area (Å²) in [5.41, 5.74) is 1.54. The molecule has 0 spiro atoms. The van der Waals surface area contributed by atoms with Crippen molar-refractivity contribution in [2.45, 2.75) is 13.0 Å². The maximum atomic E-state index is 13.3. The predicted molar refractivity (Wildman–Crippen MR) is 69.0 cm³/mol. The van der Waals surface area contributed by atoms with Gasteiger partial charge in [-0.15, -0.1) is 0 Å². The first-order valence-electron chi connectivity index (χ1n) is 5.65. The quantitative estimate of drug-likeness (QED) is 0.924. The molecule has 0 amide bonds. The van der Waals surface area contributed by atoms with E-state index in [2.05, 4.69) is 15.3 Å². The minimum absolute atomic E-state index is 0.209. The lowest BCUT2D eigenvalue weighted by Crippen LogP contribution is -2.22. The van der Waals surface area contributed by atoms with Crippen LogP contribution in [0.15, 0.2) is 36.9 Å². The zero-order chi connectivity index (χ0) is 13.0. The van der Waals surface area contributed by atoms with Gasteiger partial charge in [0, 0.05) is 23.0 Å². The molecule has 1 heterocycles. The molecule has 18 heavy (non-hydrogen) atoms. The maximum Gasteiger partial charge on any atom is 0.123 e. The summed E-state index contributed by atoms with van der Waals surface area (Å²) in [6.07, 6.45) is 4.85. The molecule has 1 unspecified atom stereocenters. The van der Waals surface area contributed by atoms with Crippen molar-refractivity contribution in [2.75, 3.05) is 6.54 Å². The molecule has 3 nitrogen and oxygen atoms in total. The number of hydrogen-bond donors (Lipinski definition) is 1. The van der Waals surface area contributed by atoms with Crippen molar-refractivity contribution in [3.05, 3.63) is 58.9 Å². The average molecular weight is 266 g/mol. The van der Waals surface area contributed by atoms with Crippen molar-refractivity contribution < 1.29 is 4.39 Å². The zero-order valence-electron chi connectivity index (χ0n) is 9.90. The second-order valence-electron chi connectivity index (χ2n) is 3.83. The summed E-state index contributed by atoms with van der Waals surface area (Å²) in [6, 6.07) is 4.12. The summed E-state index contributed by atoms with van der Waals surface area (Å²) >= 11 is 6.13. The third-order valence-corrected chi connectivity index (χ3v) is 2.94. The molecule has 0 radical (unpaired) electrons. The summed E-state index contributed by atoms with van der Waals surface area (Å²) in [6.45, 7) is 2.70. The monoisotopic (exact) mass is 265 g/mol. The van der Waals surface area contributed by atoms with Crippen LogP contribution in [-0.2, 0) is 0 Å². The fraction of sp³-hybridized carbons (Fsp3) is 0.231. The molecule has 5 heteroatoms. The van der Waals surface area contributed by atoms with Gasteiger partial charge in [-0.1, -0.05) is 18.5 Å². The second-order valence-corrected chi connectivity index (χ2v) is 4.24. The minimum Gasteiger partial charge on any atom is -0.306 e. The summed E-state index contributed by atoms with van der Waals surface area (Å²) in [5, 5.41) is 3.77. The van der Waals surface area contributed by atoms with Gasteiger partial charge in [0.1, 0.15) is 12.1 Å². The predicted octanol–water partition coefficient (Wildman–Crippen LogP) is 2.97. The van der Waals surface area contributed by atoms with E-state index < -0.39 is 0 Å². The van der Waals surface area contributed by atoms with Gasteiger partial charge in [0.15, 0.2) is 0 Å². The van der Waals surface area contributed by atoms with Crippen molar-refractivity contribution in [3.63, 3.8) is 0 Å². The molecule has 0 aliphatic rings. The highest BCUT2D eigenvalue weighted by molar-refractivity contribution is 6.31. The van der Waals surface area contributed by atoms with Crippen LogP contribution in [0.25, 0.3) is 0 Å². The lowest BCUT2D eigenvalue weighted by Gasteiger charge is -2.19. The Morgan fingerprint density at radius 3 is 2.72 bits per heavy atom. The first kappa shape index (κ1) is 12.9. The Bertz CT molecular complexity index is 519. The number of benzene rings is 1. The van der Waals surface area contributed by atoms with Crippen LogP contribution >= 0.6 is 11.6 Å². The largest absolute Gasteiger partial charge is 0.306 e. The third-order valence-electron chi connectivity index (χ3n) is 2.59. The Labute approximate surface area is 110 Å². The third kappa shape index (κ3) is 2.83. The zero-order valence-corrected chi connectivity index (χ0v) is 10.7. The average Bonchev–Trinajstić information content (AvgIpc) is 2.40. The molecule has 94 valence electrons. The molecule has 0 bridgehead atoms. The van der Waals surface area contributed by atoms with Crippen LogP contribution in [0.4, 0.5) is 4.39 Å². The molecule has 2 rings (SSSR count). The van der Waals surface area contributed by atoms with Gasteiger partial charge >= 0.3 is 0 Å². The molecule has 0 saturated heterocycles. The molecule has 1 aromatic carbocycles. The fourth-order valence-corrected chi connectivity index (χ4v) is 2.03. The van der Waals surface area contributed by atoms with Crippen LogP contribution in [0.1, 0.15) is 24.1 Å². The second kappa shape index (κ2) is 5.89. The van der Waals surface area contributed by atoms with Crippen LogP contribution in [-0.4, -0.2) is 16.5 Å². The molecule has 1 aromatic heterocycles. The van der Waals surface area contributed by atoms with E-state index in [0.717, 1.165) is 12.1 Å². The van der Waals surface area contributed by atoms with Gasteiger partial charge in [-0.05, 0) is 30.3 Å². The Morgan fingerprint density at radius 1 is 1.33 bits per heavy atom. The van der Waals surface area contributed by atoms with Gasteiger partial charge in [-0.2, -0.15) is 0 Å². The SMILES string of the molecule is CCNC(c1cncnc1)c1cc(F)ccc1Cl. The Morgan fingerprint density at radius 2 is 2.06 bits per heavy atom. The van der Waals surface area contributed by atoms with Crippen molar-refractivity contribution in [3.8, 4) is 0 Å². The van der Waals surface area contributed by atoms with E-state index in [1.165, 1.54) is 18.5 Å². The summed E-state index contributed by atoms with van der Waals surface area (Å²) < 4.78 is 13.3. The molecule has 0 aliphatic heterocycles. The van der Waals surface area contributed by atoms with E-state index in [9.17, 15) is 4.39 Å². The highest BCUT2D eigenvalue weighted by atomic mass is 35.5. The topological polar surface area (TPSA) is 37.8 Å². The Hall–Kier alpha value is -1.52. The van der Waals surface area contributed by atoms with E-state index in [1.807, 2.05) is 6.92 Å². The lowest BCUT2D eigenvalue weighted by atomic mass is 10.0. The van der Waals surface area contributed by atoms with Gasteiger partial charge in [0.05, 0.1) is 6.04 Å². The number of halogens is 2. The van der Waals surface area contributed by atoms with Gasteiger partial charge in [-0.3, -0.25) is 0 Å². The Balaban J connectivity index is 2.44. The first-order valence-corrected chi connectivity index (χ1v) is 6.03. The van der Waals surface area contributed by atoms with Crippen molar-refractivity contribution in [2.24, 2.45) is 0 Å². The van der Waals surface area contributed by atoms with Crippen LogP contribution in [0.2, 0.25) is 5.02 Å². The van der Waals surface area contributed by atoms with E-state index in [0.29, 0.717) is 10.6 Å². The normalized spacial score (nSPS) is 12.4. The molecule has 0 fully saturated rings. The van der Waals surface area contributed by atoms with Crippen molar-refractivity contribution >= 4 is 11.6 Å². The molecule has 1 atom stereocenters. The highest BCUT2D eigenvalue weighted by Gasteiger charge is 2.17. The fourth-order valence-electron chi connectivity index (χ4n) is 1.81. The minimum atomic E-state index is -0.311. The highest BCUT2D eigenvalue weighted by Crippen LogP contribution is 2.28. The van der Waals surface area contributed by atoms with Crippen molar-refractivity contribution in [1.29, 1.82) is 0 Å². The van der Waals surface area contributed by atoms with Gasteiger partial charge in [0.25, 0.3) is 0 Å². The van der Waals surface area contributed by atoms with Gasteiger partial charge in [0.2, 0.25) is 0 Å². The smallest absolute Gasteiger partial charge is 0.123 e. The van der Waals surface area contributed by atoms with Crippen LogP contribution in [0.5, 0.6) is 0 Å². The summed E-state index contributed by atoms with van der Waals surface area (Å²) in [5.74, 6) is -0.311. The van der Waals surface area contributed by atoms with E-state index >= 15 is 0 Å². The molecule has 1 N–H and O–H groups in total. The molecule has 2 aromatic rings. The molecule has 0 aliphatic carbocycles. The van der Waals surface area contributed by atoms with Gasteiger partial charge < -0.3 is 5.32 Å². The first-order chi connectivity index (χ1) is 8.72. The summed E-state index contributed by atoms with van der Waals surface area (Å²) in [7, 11) is 0. The van der Waals surface area contributed by atoms with Gasteiger partial charge in [-0.25, -0.2) is 14.4 Å².